The van der Waals surface area contributed by atoms with Gasteiger partial charge in [-0.2, -0.15) is 0 Å². The van der Waals surface area contributed by atoms with Crippen molar-refractivity contribution in [3.63, 3.8) is 0 Å². The summed E-state index contributed by atoms with van der Waals surface area (Å²) >= 11 is 0. The lowest BCUT2D eigenvalue weighted by atomic mass is 9.94. The molecule has 5 amide bonds. The maximum Gasteiger partial charge on any atom is 0.262 e. The van der Waals surface area contributed by atoms with Crippen LogP contribution in [0.3, 0.4) is 0 Å². The molecule has 2 heterocycles. The van der Waals surface area contributed by atoms with Crippen molar-refractivity contribution in [2.24, 2.45) is 0 Å². The van der Waals surface area contributed by atoms with Crippen LogP contribution in [-0.2, 0) is 46.0 Å². The van der Waals surface area contributed by atoms with Crippen LogP contribution < -0.4 is 31.6 Å². The molecule has 0 unspecified atom stereocenters. The molecule has 2 aliphatic heterocycles. The third-order valence-electron chi connectivity index (χ3n) is 13.2. The number of carbonyl (C=O) groups is 6. The fraction of sp³-hybridized carbons (Fsp3) is 0.407. The Hall–Kier alpha value is -6.18. The summed E-state index contributed by atoms with van der Waals surface area (Å²) in [5, 5.41) is 13.6. The fourth-order valence-electron chi connectivity index (χ4n) is 9.07. The Morgan fingerprint density at radius 2 is 1.42 bits per heavy atom. The minimum atomic E-state index is -2.95. The van der Waals surface area contributed by atoms with Crippen LogP contribution in [0, 0.1) is 0 Å². The number of Topliss-reactive ketones (excluding diaryl/α,β-unsaturated/α-hetero) is 1. The lowest BCUT2D eigenvalue weighted by Gasteiger charge is -2.44. The summed E-state index contributed by atoms with van der Waals surface area (Å²) in [6.07, 6.45) is 5.82. The van der Waals surface area contributed by atoms with Gasteiger partial charge in [0.05, 0.1) is 0 Å². The number of ketones is 1. The van der Waals surface area contributed by atoms with Gasteiger partial charge in [0.25, 0.3) is 8.32 Å². The first kappa shape index (κ1) is 50.2. The minimum Gasteiger partial charge on any atom is -0.398 e. The number of para-hydroxylation sites is 1. The summed E-state index contributed by atoms with van der Waals surface area (Å²) < 4.78 is 7.01. The summed E-state index contributed by atoms with van der Waals surface area (Å²) in [5.41, 5.74) is 1.09. The number of aryl methyl sites for hydroxylation is 1. The number of benzene rings is 4. The number of fused-ring (bicyclic) bond motifs is 1. The van der Waals surface area contributed by atoms with Gasteiger partial charge in [0.1, 0.15) is 29.8 Å². The minimum absolute atomic E-state index is 0.0760. The van der Waals surface area contributed by atoms with Gasteiger partial charge in [-0.3, -0.25) is 28.8 Å². The summed E-state index contributed by atoms with van der Waals surface area (Å²) in [5.74, 6) is -1.97. The van der Waals surface area contributed by atoms with Crippen molar-refractivity contribution in [2.75, 3.05) is 11.9 Å². The first-order chi connectivity index (χ1) is 32.0. The van der Waals surface area contributed by atoms with Gasteiger partial charge in [0.2, 0.25) is 29.5 Å². The van der Waals surface area contributed by atoms with Gasteiger partial charge in [0.15, 0.2) is 5.78 Å². The Morgan fingerprint density at radius 1 is 0.821 bits per heavy atom. The molecule has 0 saturated carbocycles. The number of allylic oxidation sites excluding steroid dienone is 2. The van der Waals surface area contributed by atoms with Crippen LogP contribution in [-0.4, -0.2) is 84.8 Å². The average molecular weight is 926 g/mol. The van der Waals surface area contributed by atoms with Crippen LogP contribution in [0.1, 0.15) is 97.6 Å². The topological polar surface area (TPSA) is 163 Å². The van der Waals surface area contributed by atoms with E-state index in [0.29, 0.717) is 38.6 Å². The van der Waals surface area contributed by atoms with Crippen molar-refractivity contribution in [3.8, 4) is 0 Å². The highest BCUT2D eigenvalue weighted by Gasteiger charge is 2.51. The molecule has 12 nitrogen and oxygen atoms in total. The van der Waals surface area contributed by atoms with E-state index in [2.05, 4.69) is 66.3 Å². The zero-order valence-electron chi connectivity index (χ0n) is 39.8. The Balaban J connectivity index is 1.10. The van der Waals surface area contributed by atoms with E-state index in [4.69, 9.17) is 4.43 Å². The maximum absolute atomic E-state index is 14.4. The molecule has 4 aromatic rings. The third kappa shape index (κ3) is 12.4. The Kier molecular flexibility index (Phi) is 16.9. The molecule has 0 aliphatic carbocycles. The first-order valence-corrected chi connectivity index (χ1v) is 25.6. The summed E-state index contributed by atoms with van der Waals surface area (Å²) in [6.45, 7) is 12.1. The van der Waals surface area contributed by atoms with Crippen LogP contribution in [0.2, 0.25) is 5.04 Å². The van der Waals surface area contributed by atoms with E-state index in [0.717, 1.165) is 27.2 Å². The van der Waals surface area contributed by atoms with Gasteiger partial charge in [0, 0.05) is 31.5 Å². The van der Waals surface area contributed by atoms with Gasteiger partial charge >= 0.3 is 0 Å². The van der Waals surface area contributed by atoms with Crippen molar-refractivity contribution in [1.82, 2.24) is 20.9 Å². The quantitative estimate of drug-likeness (QED) is 0.0712. The average Bonchev–Trinajstić information content (AvgIpc) is 3.82. The van der Waals surface area contributed by atoms with Gasteiger partial charge in [-0.15, -0.1) is 0 Å². The lowest BCUT2D eigenvalue weighted by molar-refractivity contribution is -0.144. The highest BCUT2D eigenvalue weighted by molar-refractivity contribution is 6.99. The number of amides is 5. The van der Waals surface area contributed by atoms with Crippen molar-refractivity contribution >= 4 is 59.7 Å². The van der Waals surface area contributed by atoms with Crippen molar-refractivity contribution < 1.29 is 33.2 Å². The normalized spacial score (nSPS) is 21.0. The third-order valence-corrected chi connectivity index (χ3v) is 18.3. The molecule has 4 aromatic carbocycles. The lowest BCUT2D eigenvalue weighted by Crippen LogP contribution is -2.68. The van der Waals surface area contributed by atoms with E-state index >= 15 is 0 Å². The predicted molar refractivity (Wildman–Crippen MR) is 265 cm³/mol. The molecule has 2 aliphatic rings. The van der Waals surface area contributed by atoms with Crippen molar-refractivity contribution in [1.29, 1.82) is 0 Å². The highest BCUT2D eigenvalue weighted by atomic mass is 28.4. The number of carbonyl (C=O) groups excluding carboxylic acids is 6. The van der Waals surface area contributed by atoms with E-state index in [1.165, 1.54) is 4.90 Å². The van der Waals surface area contributed by atoms with Gasteiger partial charge in [-0.1, -0.05) is 143 Å². The standard InChI is InChI=1S/C54H67N5O7Si/c1-7-54(6)52(65)57-45(37-40-32-30-39(31-33-40)34-35-48(61)55-41-21-12-8-13-22-41)51(64)59-36-20-28-46(59)50(63)56-44(49(62)58-54)27-18-11-19-29-47(60)38(2)66-67(53(3,4)5,42-23-14-9-15-24-42)43-25-16-10-17-26-43/h8-17,19,21-26,30-33,38,44-46H,7,18,20,27-29,34-37H2,1-6H3,(H,55,61)(H,56,63)(H,57,65)(H,58,62)/t38-,44+,45+,46-,54+/m1/s1. The molecule has 0 spiro atoms. The molecule has 5 atom stereocenters. The number of hydrogen-bond acceptors (Lipinski definition) is 7. The van der Waals surface area contributed by atoms with Crippen LogP contribution in [0.15, 0.2) is 127 Å². The summed E-state index contributed by atoms with van der Waals surface area (Å²) in [6, 6.07) is 34.4. The molecular weight excluding hydrogens is 859 g/mol. The maximum atomic E-state index is 14.4. The molecule has 6 rings (SSSR count). The van der Waals surface area contributed by atoms with E-state index in [9.17, 15) is 28.8 Å². The molecule has 67 heavy (non-hydrogen) atoms. The number of rotatable bonds is 17. The number of hydrogen-bond donors (Lipinski definition) is 4. The van der Waals surface area contributed by atoms with Crippen LogP contribution in [0.5, 0.6) is 0 Å². The largest absolute Gasteiger partial charge is 0.398 e. The number of anilines is 1. The summed E-state index contributed by atoms with van der Waals surface area (Å²) in [7, 11) is -2.95. The van der Waals surface area contributed by atoms with Crippen LogP contribution >= 0.6 is 0 Å². The van der Waals surface area contributed by atoms with Crippen molar-refractivity contribution in [3.05, 3.63) is 139 Å². The second-order valence-corrected chi connectivity index (χ2v) is 23.3. The summed E-state index contributed by atoms with van der Waals surface area (Å²) in [4.78, 5) is 84.3. The second kappa shape index (κ2) is 22.5. The Labute approximate surface area is 396 Å². The Morgan fingerprint density at radius 3 is 2.01 bits per heavy atom. The molecule has 2 saturated heterocycles. The van der Waals surface area contributed by atoms with Crippen molar-refractivity contribution in [2.45, 2.75) is 134 Å². The van der Waals surface area contributed by atoms with E-state index < -0.39 is 55.8 Å². The molecule has 2 fully saturated rings. The van der Waals surface area contributed by atoms with E-state index in [1.54, 1.807) is 19.9 Å². The first-order valence-electron chi connectivity index (χ1n) is 23.7. The predicted octanol–water partition coefficient (Wildman–Crippen LogP) is 6.32. The van der Waals surface area contributed by atoms with E-state index in [1.807, 2.05) is 104 Å². The molecule has 4 N–H and O–H groups in total. The van der Waals surface area contributed by atoms with Crippen LogP contribution in [0.25, 0.3) is 0 Å². The fourth-order valence-corrected chi connectivity index (χ4v) is 13.7. The molecule has 13 heteroatoms. The Bertz CT molecular complexity index is 2330. The number of nitrogens with one attached hydrogen (secondary N) is 4. The SMILES string of the molecule is CC[C@]1(C)NC(=O)[C@H](CCC=CCC(=O)[C@@H](C)O[Si](c2ccccc2)(c2ccccc2)C(C)(C)C)NC(=O)[C@H]2CCCN2C(=O)[C@H](Cc2ccc(CCC(=O)Nc3ccccc3)cc2)NC1=O. The number of nitrogens with zero attached hydrogens (tertiary/aromatic N) is 1. The van der Waals surface area contributed by atoms with Gasteiger partial charge in [-0.25, -0.2) is 0 Å². The monoisotopic (exact) mass is 925 g/mol. The molecule has 0 aromatic heterocycles. The zero-order valence-corrected chi connectivity index (χ0v) is 40.8. The second-order valence-electron chi connectivity index (χ2n) is 19.0. The molecular formula is C54H67N5O7Si. The molecule has 0 radical (unpaired) electrons. The molecule has 354 valence electrons. The van der Waals surface area contributed by atoms with E-state index in [-0.39, 0.29) is 48.3 Å². The molecule has 0 bridgehead atoms. The smallest absolute Gasteiger partial charge is 0.262 e. The van der Waals surface area contributed by atoms with Gasteiger partial charge < -0.3 is 30.6 Å². The highest BCUT2D eigenvalue weighted by Crippen LogP contribution is 2.37. The zero-order chi connectivity index (χ0) is 48.2. The van der Waals surface area contributed by atoms with Crippen LogP contribution in [0.4, 0.5) is 5.69 Å². The van der Waals surface area contributed by atoms with Gasteiger partial charge in [-0.05, 0) is 91.0 Å².